The molecule has 0 atom stereocenters. The summed E-state index contributed by atoms with van der Waals surface area (Å²) < 4.78 is 5.42. The molecule has 0 saturated carbocycles. The van der Waals surface area contributed by atoms with Gasteiger partial charge >= 0.3 is 6.01 Å². The molecule has 7 heteroatoms. The van der Waals surface area contributed by atoms with Crippen molar-refractivity contribution in [3.05, 3.63) is 29.3 Å². The second-order valence-electron chi connectivity index (χ2n) is 4.56. The molecular weight excluding hydrogens is 290 g/mol. The van der Waals surface area contributed by atoms with E-state index in [4.69, 9.17) is 4.42 Å². The van der Waals surface area contributed by atoms with Crippen LogP contribution in [0.25, 0.3) is 11.5 Å². The highest BCUT2D eigenvalue weighted by Gasteiger charge is 2.13. The first-order chi connectivity index (χ1) is 9.95. The lowest BCUT2D eigenvalue weighted by atomic mass is 10.1. The summed E-state index contributed by atoms with van der Waals surface area (Å²) in [6.07, 6.45) is 0. The fourth-order valence-electron chi connectivity index (χ4n) is 1.76. The number of hydrogen-bond donors (Lipinski definition) is 1. The Kier molecular flexibility index (Phi) is 4.74. The van der Waals surface area contributed by atoms with E-state index < -0.39 is 0 Å². The third-order valence-corrected chi connectivity index (χ3v) is 3.50. The summed E-state index contributed by atoms with van der Waals surface area (Å²) in [7, 11) is 0. The molecule has 2 rings (SSSR count). The zero-order chi connectivity index (χ0) is 15.4. The summed E-state index contributed by atoms with van der Waals surface area (Å²) in [5.41, 5.74) is 2.99. The van der Waals surface area contributed by atoms with E-state index in [0.717, 1.165) is 28.5 Å². The first-order valence-electron chi connectivity index (χ1n) is 6.30. The molecule has 0 fully saturated rings. The first kappa shape index (κ1) is 15.2. The second-order valence-corrected chi connectivity index (χ2v) is 5.71. The molecule has 0 radical (unpaired) electrons. The summed E-state index contributed by atoms with van der Waals surface area (Å²) in [4.78, 5) is 22.3. The van der Waals surface area contributed by atoms with Crippen LogP contribution >= 0.6 is 11.8 Å². The molecule has 0 aliphatic rings. The van der Waals surface area contributed by atoms with Crippen LogP contribution in [0.15, 0.2) is 22.6 Å². The van der Waals surface area contributed by atoms with Crippen LogP contribution in [-0.2, 0) is 9.59 Å². The lowest BCUT2D eigenvalue weighted by molar-refractivity contribution is -0.114. The normalized spacial score (nSPS) is 10.4. The molecule has 0 unspecified atom stereocenters. The number of hydrogen-bond acceptors (Lipinski definition) is 6. The van der Waals surface area contributed by atoms with Crippen LogP contribution in [0.1, 0.15) is 18.1 Å². The zero-order valence-corrected chi connectivity index (χ0v) is 12.8. The fraction of sp³-hybridized carbons (Fsp3) is 0.286. The van der Waals surface area contributed by atoms with Crippen LogP contribution in [0.3, 0.4) is 0 Å². The van der Waals surface area contributed by atoms with Gasteiger partial charge in [0.1, 0.15) is 0 Å². The lowest BCUT2D eigenvalue weighted by Crippen LogP contribution is -2.15. The molecule has 1 amide bonds. The molecule has 1 aromatic heterocycles. The average molecular weight is 305 g/mol. The van der Waals surface area contributed by atoms with Crippen molar-refractivity contribution >= 4 is 28.8 Å². The van der Waals surface area contributed by atoms with Gasteiger partial charge in [-0.3, -0.25) is 14.9 Å². The molecule has 1 N–H and O–H groups in total. The molecule has 110 valence electrons. The molecule has 1 aromatic carbocycles. The second kappa shape index (κ2) is 6.53. The van der Waals surface area contributed by atoms with E-state index in [0.29, 0.717) is 5.89 Å². The van der Waals surface area contributed by atoms with Crippen LogP contribution in [0.2, 0.25) is 0 Å². The third kappa shape index (κ3) is 4.16. The van der Waals surface area contributed by atoms with E-state index >= 15 is 0 Å². The van der Waals surface area contributed by atoms with Gasteiger partial charge in [-0.1, -0.05) is 34.6 Å². The monoisotopic (exact) mass is 305 g/mol. The van der Waals surface area contributed by atoms with E-state index in [1.54, 1.807) is 0 Å². The third-order valence-electron chi connectivity index (χ3n) is 2.69. The quantitative estimate of drug-likeness (QED) is 0.934. The van der Waals surface area contributed by atoms with Crippen molar-refractivity contribution in [2.24, 2.45) is 0 Å². The van der Waals surface area contributed by atoms with Crippen molar-refractivity contribution in [1.82, 2.24) is 10.2 Å². The highest BCUT2D eigenvalue weighted by Crippen LogP contribution is 2.24. The Morgan fingerprint density at radius 1 is 1.29 bits per heavy atom. The van der Waals surface area contributed by atoms with Crippen molar-refractivity contribution < 1.29 is 14.0 Å². The van der Waals surface area contributed by atoms with Gasteiger partial charge in [-0.15, -0.1) is 5.10 Å². The number of nitrogens with zero attached hydrogens (tertiary/aromatic N) is 2. The smallest absolute Gasteiger partial charge is 0.322 e. The van der Waals surface area contributed by atoms with Gasteiger partial charge in [-0.05, 0) is 25.5 Å². The number of carbonyl (C=O) groups is 2. The number of aromatic nitrogens is 2. The fourth-order valence-corrected chi connectivity index (χ4v) is 2.17. The number of thioether (sulfide) groups is 1. The predicted molar refractivity (Wildman–Crippen MR) is 81.0 cm³/mol. The Hall–Kier alpha value is -2.15. The van der Waals surface area contributed by atoms with Crippen molar-refractivity contribution in [3.63, 3.8) is 0 Å². The summed E-state index contributed by atoms with van der Waals surface area (Å²) in [5, 5.41) is 10.0. The van der Waals surface area contributed by atoms with E-state index in [-0.39, 0.29) is 22.8 Å². The van der Waals surface area contributed by atoms with Gasteiger partial charge in [0, 0.05) is 12.5 Å². The van der Waals surface area contributed by atoms with Gasteiger partial charge in [0.25, 0.3) is 0 Å². The Labute approximate surface area is 126 Å². The van der Waals surface area contributed by atoms with E-state index in [9.17, 15) is 9.59 Å². The minimum absolute atomic E-state index is 0.0244. The van der Waals surface area contributed by atoms with Crippen LogP contribution in [0, 0.1) is 13.8 Å². The molecule has 0 aliphatic heterocycles. The molecule has 21 heavy (non-hydrogen) atoms. The average Bonchev–Trinajstić information content (AvgIpc) is 2.84. The summed E-state index contributed by atoms with van der Waals surface area (Å²) in [6, 6.07) is 5.89. The predicted octanol–water partition coefficient (Wildman–Crippen LogP) is 2.57. The highest BCUT2D eigenvalue weighted by molar-refractivity contribution is 8.14. The number of anilines is 1. The maximum Gasteiger partial charge on any atom is 0.322 e. The molecule has 6 nitrogen and oxygen atoms in total. The standard InChI is InChI=1S/C14H15N3O3S/c1-8-4-5-11(9(2)6-8)13-16-17-14(20-13)15-12(19)7-21-10(3)18/h4-6H,7H2,1-3H3,(H,15,17,19). The summed E-state index contributed by atoms with van der Waals surface area (Å²) in [5.74, 6) is 0.0180. The van der Waals surface area contributed by atoms with Crippen molar-refractivity contribution in [1.29, 1.82) is 0 Å². The van der Waals surface area contributed by atoms with Gasteiger partial charge in [-0.2, -0.15) is 0 Å². The van der Waals surface area contributed by atoms with Gasteiger partial charge in [0.15, 0.2) is 5.12 Å². The Morgan fingerprint density at radius 3 is 2.71 bits per heavy atom. The maximum absolute atomic E-state index is 11.6. The molecule has 0 spiro atoms. The van der Waals surface area contributed by atoms with Crippen LogP contribution in [0.5, 0.6) is 0 Å². The van der Waals surface area contributed by atoms with Crippen molar-refractivity contribution in [2.45, 2.75) is 20.8 Å². The van der Waals surface area contributed by atoms with Crippen LogP contribution < -0.4 is 5.32 Å². The largest absolute Gasteiger partial charge is 0.403 e. The minimum Gasteiger partial charge on any atom is -0.403 e. The number of benzene rings is 1. The van der Waals surface area contributed by atoms with Crippen molar-refractivity contribution in [2.75, 3.05) is 11.1 Å². The van der Waals surface area contributed by atoms with E-state index in [1.165, 1.54) is 6.92 Å². The maximum atomic E-state index is 11.6. The number of rotatable bonds is 4. The SMILES string of the molecule is CC(=O)SCC(=O)Nc1nnc(-c2ccc(C)cc2C)o1. The van der Waals surface area contributed by atoms with E-state index in [2.05, 4.69) is 15.5 Å². The van der Waals surface area contributed by atoms with Gasteiger partial charge in [0.05, 0.1) is 5.75 Å². The van der Waals surface area contributed by atoms with Crippen LogP contribution in [0.4, 0.5) is 6.01 Å². The number of carbonyl (C=O) groups excluding carboxylic acids is 2. The Balaban J connectivity index is 2.07. The minimum atomic E-state index is -0.356. The number of aryl methyl sites for hydroxylation is 2. The number of nitrogens with one attached hydrogen (secondary N) is 1. The van der Waals surface area contributed by atoms with E-state index in [1.807, 2.05) is 32.0 Å². The van der Waals surface area contributed by atoms with Gasteiger partial charge < -0.3 is 4.42 Å². The van der Waals surface area contributed by atoms with Gasteiger partial charge in [0.2, 0.25) is 11.8 Å². The molecule has 1 heterocycles. The molecular formula is C14H15N3O3S. The number of amides is 1. The summed E-state index contributed by atoms with van der Waals surface area (Å²) >= 11 is 0.925. The topological polar surface area (TPSA) is 85.1 Å². The zero-order valence-electron chi connectivity index (χ0n) is 12.0. The molecule has 0 bridgehead atoms. The highest BCUT2D eigenvalue weighted by atomic mass is 32.2. The Bertz CT molecular complexity index is 682. The Morgan fingerprint density at radius 2 is 2.05 bits per heavy atom. The molecule has 2 aromatic rings. The van der Waals surface area contributed by atoms with Crippen LogP contribution in [-0.4, -0.2) is 27.0 Å². The molecule has 0 aliphatic carbocycles. The van der Waals surface area contributed by atoms with Gasteiger partial charge in [-0.25, -0.2) is 0 Å². The first-order valence-corrected chi connectivity index (χ1v) is 7.28. The van der Waals surface area contributed by atoms with Crippen molar-refractivity contribution in [3.8, 4) is 11.5 Å². The molecule has 0 saturated heterocycles. The lowest BCUT2D eigenvalue weighted by Gasteiger charge is -2.02. The summed E-state index contributed by atoms with van der Waals surface area (Å²) in [6.45, 7) is 5.36.